The molecule has 1 unspecified atom stereocenters. The second-order valence-electron chi connectivity index (χ2n) is 4.64. The molecule has 1 amide bonds. The third kappa shape index (κ3) is 4.37. The summed E-state index contributed by atoms with van der Waals surface area (Å²) in [6.07, 6.45) is 0.953. The standard InChI is InChI=1S/C14H22N2O2/c1-4-8-18-12-7-5-6-11(9-12)16-14(17)13(15)10(2)3/h5-7,9-10,13H,4,8,15H2,1-3H3,(H,16,17). The number of benzene rings is 1. The molecule has 100 valence electrons. The lowest BCUT2D eigenvalue weighted by atomic mass is 10.0. The van der Waals surface area contributed by atoms with Crippen LogP contribution in [0, 0.1) is 5.92 Å². The average Bonchev–Trinajstić information content (AvgIpc) is 2.35. The summed E-state index contributed by atoms with van der Waals surface area (Å²) in [6, 6.07) is 6.85. The highest BCUT2D eigenvalue weighted by atomic mass is 16.5. The molecular weight excluding hydrogens is 228 g/mol. The van der Waals surface area contributed by atoms with Crippen LogP contribution in [-0.2, 0) is 4.79 Å². The van der Waals surface area contributed by atoms with E-state index in [0.717, 1.165) is 12.2 Å². The Kier molecular flexibility index (Phi) is 5.65. The minimum absolute atomic E-state index is 0.115. The first-order valence-corrected chi connectivity index (χ1v) is 6.34. The van der Waals surface area contributed by atoms with Gasteiger partial charge < -0.3 is 15.8 Å². The molecule has 0 radical (unpaired) electrons. The monoisotopic (exact) mass is 250 g/mol. The summed E-state index contributed by atoms with van der Waals surface area (Å²) in [4.78, 5) is 11.8. The maximum absolute atomic E-state index is 11.8. The SMILES string of the molecule is CCCOc1cccc(NC(=O)C(N)C(C)C)c1. The molecule has 1 aromatic rings. The fraction of sp³-hybridized carbons (Fsp3) is 0.500. The molecule has 0 aliphatic heterocycles. The summed E-state index contributed by atoms with van der Waals surface area (Å²) in [5.74, 6) is 0.704. The molecule has 18 heavy (non-hydrogen) atoms. The van der Waals surface area contributed by atoms with Crippen molar-refractivity contribution in [1.82, 2.24) is 0 Å². The number of ether oxygens (including phenoxy) is 1. The van der Waals surface area contributed by atoms with Crippen molar-refractivity contribution in [1.29, 1.82) is 0 Å². The van der Waals surface area contributed by atoms with Crippen molar-refractivity contribution in [3.05, 3.63) is 24.3 Å². The van der Waals surface area contributed by atoms with Gasteiger partial charge in [0.05, 0.1) is 12.6 Å². The van der Waals surface area contributed by atoms with Crippen molar-refractivity contribution in [2.45, 2.75) is 33.2 Å². The highest BCUT2D eigenvalue weighted by Crippen LogP contribution is 2.18. The van der Waals surface area contributed by atoms with E-state index in [1.165, 1.54) is 0 Å². The number of amides is 1. The van der Waals surface area contributed by atoms with Crippen LogP contribution in [0.3, 0.4) is 0 Å². The minimum Gasteiger partial charge on any atom is -0.494 e. The Bertz CT molecular complexity index is 391. The highest BCUT2D eigenvalue weighted by Gasteiger charge is 2.17. The molecule has 4 heteroatoms. The highest BCUT2D eigenvalue weighted by molar-refractivity contribution is 5.94. The van der Waals surface area contributed by atoms with Gasteiger partial charge in [0.25, 0.3) is 0 Å². The van der Waals surface area contributed by atoms with Gasteiger partial charge in [-0.25, -0.2) is 0 Å². The number of carbonyl (C=O) groups excluding carboxylic acids is 1. The molecule has 0 aliphatic carbocycles. The Morgan fingerprint density at radius 1 is 1.44 bits per heavy atom. The van der Waals surface area contributed by atoms with Crippen LogP contribution in [0.4, 0.5) is 5.69 Å². The van der Waals surface area contributed by atoms with E-state index >= 15 is 0 Å². The van der Waals surface area contributed by atoms with Crippen LogP contribution in [0.25, 0.3) is 0 Å². The van der Waals surface area contributed by atoms with Gasteiger partial charge in [-0.15, -0.1) is 0 Å². The average molecular weight is 250 g/mol. The first-order valence-electron chi connectivity index (χ1n) is 6.34. The first-order chi connectivity index (χ1) is 8.54. The molecule has 1 atom stereocenters. The first kappa shape index (κ1) is 14.5. The number of hydrogen-bond donors (Lipinski definition) is 2. The maximum Gasteiger partial charge on any atom is 0.241 e. The molecule has 0 aromatic heterocycles. The van der Waals surface area contributed by atoms with Crippen LogP contribution in [0.1, 0.15) is 27.2 Å². The smallest absolute Gasteiger partial charge is 0.241 e. The van der Waals surface area contributed by atoms with E-state index in [1.54, 1.807) is 6.07 Å². The Labute approximate surface area is 109 Å². The van der Waals surface area contributed by atoms with Crippen LogP contribution in [-0.4, -0.2) is 18.6 Å². The number of anilines is 1. The Balaban J connectivity index is 2.64. The molecular formula is C14H22N2O2. The van der Waals surface area contributed by atoms with E-state index in [2.05, 4.69) is 5.32 Å². The van der Waals surface area contributed by atoms with Gasteiger partial charge in [-0.3, -0.25) is 4.79 Å². The van der Waals surface area contributed by atoms with Crippen LogP contribution in [0.15, 0.2) is 24.3 Å². The topological polar surface area (TPSA) is 64.3 Å². The predicted molar refractivity (Wildman–Crippen MR) is 73.7 cm³/mol. The van der Waals surface area contributed by atoms with Crippen molar-refractivity contribution < 1.29 is 9.53 Å². The predicted octanol–water partition coefficient (Wildman–Crippen LogP) is 2.40. The zero-order valence-electron chi connectivity index (χ0n) is 11.3. The molecule has 4 nitrogen and oxygen atoms in total. The quantitative estimate of drug-likeness (QED) is 0.814. The summed E-state index contributed by atoms with van der Waals surface area (Å²) >= 11 is 0. The van der Waals surface area contributed by atoms with Crippen LogP contribution >= 0.6 is 0 Å². The van der Waals surface area contributed by atoms with Crippen molar-refractivity contribution >= 4 is 11.6 Å². The molecule has 1 rings (SSSR count). The summed E-state index contributed by atoms with van der Waals surface area (Å²) in [5.41, 5.74) is 6.50. The summed E-state index contributed by atoms with van der Waals surface area (Å²) in [7, 11) is 0. The summed E-state index contributed by atoms with van der Waals surface area (Å²) in [6.45, 7) is 6.56. The van der Waals surface area contributed by atoms with Gasteiger partial charge in [0.15, 0.2) is 0 Å². The molecule has 0 heterocycles. The molecule has 0 aliphatic rings. The molecule has 0 saturated heterocycles. The lowest BCUT2D eigenvalue weighted by molar-refractivity contribution is -0.118. The second kappa shape index (κ2) is 7.01. The lowest BCUT2D eigenvalue weighted by Crippen LogP contribution is -2.39. The lowest BCUT2D eigenvalue weighted by Gasteiger charge is -2.15. The van der Waals surface area contributed by atoms with E-state index in [-0.39, 0.29) is 11.8 Å². The molecule has 0 spiro atoms. The van der Waals surface area contributed by atoms with Gasteiger partial charge in [-0.05, 0) is 24.5 Å². The van der Waals surface area contributed by atoms with Crippen molar-refractivity contribution in [3.8, 4) is 5.75 Å². The van der Waals surface area contributed by atoms with E-state index < -0.39 is 6.04 Å². The van der Waals surface area contributed by atoms with Gasteiger partial charge >= 0.3 is 0 Å². The molecule has 3 N–H and O–H groups in total. The van der Waals surface area contributed by atoms with Crippen molar-refractivity contribution in [3.63, 3.8) is 0 Å². The number of nitrogens with one attached hydrogen (secondary N) is 1. The zero-order valence-corrected chi connectivity index (χ0v) is 11.3. The van der Waals surface area contributed by atoms with Crippen LogP contribution in [0.2, 0.25) is 0 Å². The summed E-state index contributed by atoms with van der Waals surface area (Å²) < 4.78 is 5.50. The van der Waals surface area contributed by atoms with E-state index in [4.69, 9.17) is 10.5 Å². The minimum atomic E-state index is -0.495. The van der Waals surface area contributed by atoms with Gasteiger partial charge in [0, 0.05) is 11.8 Å². The fourth-order valence-corrected chi connectivity index (χ4v) is 1.41. The number of carbonyl (C=O) groups is 1. The van der Waals surface area contributed by atoms with Gasteiger partial charge in [0.1, 0.15) is 5.75 Å². The summed E-state index contributed by atoms with van der Waals surface area (Å²) in [5, 5.41) is 2.80. The molecule has 0 saturated carbocycles. The van der Waals surface area contributed by atoms with Gasteiger partial charge in [-0.1, -0.05) is 26.8 Å². The van der Waals surface area contributed by atoms with Crippen LogP contribution < -0.4 is 15.8 Å². The zero-order chi connectivity index (χ0) is 13.5. The van der Waals surface area contributed by atoms with E-state index in [0.29, 0.717) is 12.3 Å². The largest absolute Gasteiger partial charge is 0.494 e. The normalized spacial score (nSPS) is 12.3. The number of rotatable bonds is 6. The Morgan fingerprint density at radius 3 is 2.78 bits per heavy atom. The third-order valence-corrected chi connectivity index (χ3v) is 2.60. The number of hydrogen-bond acceptors (Lipinski definition) is 3. The van der Waals surface area contributed by atoms with E-state index in [9.17, 15) is 4.79 Å². The Hall–Kier alpha value is -1.55. The maximum atomic E-state index is 11.8. The van der Waals surface area contributed by atoms with Crippen molar-refractivity contribution in [2.75, 3.05) is 11.9 Å². The van der Waals surface area contributed by atoms with E-state index in [1.807, 2.05) is 39.0 Å². The number of nitrogens with two attached hydrogens (primary N) is 1. The molecule has 0 fully saturated rings. The third-order valence-electron chi connectivity index (χ3n) is 2.60. The molecule has 0 bridgehead atoms. The van der Waals surface area contributed by atoms with Crippen molar-refractivity contribution in [2.24, 2.45) is 11.7 Å². The Morgan fingerprint density at radius 2 is 2.17 bits per heavy atom. The second-order valence-corrected chi connectivity index (χ2v) is 4.64. The van der Waals surface area contributed by atoms with Gasteiger partial charge in [-0.2, -0.15) is 0 Å². The molecule has 1 aromatic carbocycles. The van der Waals surface area contributed by atoms with Gasteiger partial charge in [0.2, 0.25) is 5.91 Å². The fourth-order valence-electron chi connectivity index (χ4n) is 1.41. The van der Waals surface area contributed by atoms with Crippen LogP contribution in [0.5, 0.6) is 5.75 Å².